The van der Waals surface area contributed by atoms with Crippen LogP contribution in [0.4, 0.5) is 0 Å². The summed E-state index contributed by atoms with van der Waals surface area (Å²) in [6, 6.07) is 2.06. The van der Waals surface area contributed by atoms with E-state index in [9.17, 15) is 4.79 Å². The Balaban J connectivity index is 1.73. The minimum absolute atomic E-state index is 0.0720. The highest BCUT2D eigenvalue weighted by molar-refractivity contribution is 5.88. The average molecular weight is 210 g/mol. The van der Waals surface area contributed by atoms with Gasteiger partial charge in [-0.2, -0.15) is 5.26 Å². The Bertz CT molecular complexity index is 288. The summed E-state index contributed by atoms with van der Waals surface area (Å²) in [5, 5.41) is 11.5. The quantitative estimate of drug-likeness (QED) is 0.701. The fraction of sp³-hybridized carbons (Fsp3) is 0.800. The van der Waals surface area contributed by atoms with Crippen LogP contribution in [0.5, 0.6) is 0 Å². The van der Waals surface area contributed by atoms with Crippen LogP contribution < -0.4 is 5.32 Å². The fourth-order valence-electron chi connectivity index (χ4n) is 1.54. The Labute approximate surface area is 88.3 Å². The second-order valence-electron chi connectivity index (χ2n) is 3.97. The van der Waals surface area contributed by atoms with Crippen molar-refractivity contribution in [3.05, 3.63) is 0 Å². The average Bonchev–Trinajstić information content (AvgIpc) is 3.08. The van der Waals surface area contributed by atoms with Gasteiger partial charge in [-0.25, -0.2) is 0 Å². The van der Waals surface area contributed by atoms with Gasteiger partial charge in [-0.3, -0.25) is 4.79 Å². The third-order valence-electron chi connectivity index (χ3n) is 2.77. The highest BCUT2D eigenvalue weighted by atomic mass is 16.6. The largest absolute Gasteiger partial charge is 0.376 e. The molecule has 5 nitrogen and oxygen atoms in total. The first-order chi connectivity index (χ1) is 7.27. The molecule has 2 fully saturated rings. The summed E-state index contributed by atoms with van der Waals surface area (Å²) in [7, 11) is 0. The third-order valence-corrected chi connectivity index (χ3v) is 2.77. The number of ether oxygens (including phenoxy) is 2. The third kappa shape index (κ3) is 2.28. The lowest BCUT2D eigenvalue weighted by Gasteiger charge is -2.23. The maximum absolute atomic E-state index is 11.6. The Morgan fingerprint density at radius 1 is 1.53 bits per heavy atom. The van der Waals surface area contributed by atoms with Crippen LogP contribution in [0.2, 0.25) is 0 Å². The zero-order valence-electron chi connectivity index (χ0n) is 8.49. The van der Waals surface area contributed by atoms with Crippen molar-refractivity contribution in [2.24, 2.45) is 5.41 Å². The van der Waals surface area contributed by atoms with Gasteiger partial charge in [0.25, 0.3) is 0 Å². The van der Waals surface area contributed by atoms with Gasteiger partial charge in [-0.15, -0.1) is 0 Å². The molecule has 0 aromatic heterocycles. The molecule has 1 aliphatic carbocycles. The minimum Gasteiger partial charge on any atom is -0.376 e. The van der Waals surface area contributed by atoms with Crippen molar-refractivity contribution in [1.29, 1.82) is 5.26 Å². The van der Waals surface area contributed by atoms with Crippen molar-refractivity contribution >= 4 is 5.91 Å². The fourth-order valence-corrected chi connectivity index (χ4v) is 1.54. The second-order valence-corrected chi connectivity index (χ2v) is 3.97. The lowest BCUT2D eigenvalue weighted by molar-refractivity contribution is -0.127. The van der Waals surface area contributed by atoms with Gasteiger partial charge in [0.1, 0.15) is 5.41 Å². The summed E-state index contributed by atoms with van der Waals surface area (Å²) in [4.78, 5) is 11.6. The summed E-state index contributed by atoms with van der Waals surface area (Å²) < 4.78 is 10.6. The maximum atomic E-state index is 11.6. The van der Waals surface area contributed by atoms with E-state index < -0.39 is 5.41 Å². The standard InChI is InChI=1S/C10H14N2O3/c11-7-10(1-2-10)9(13)12-5-8-6-14-3-4-15-8/h8H,1-6H2,(H,12,13). The first-order valence-corrected chi connectivity index (χ1v) is 5.16. The molecule has 1 amide bonds. The molecule has 82 valence electrons. The van der Waals surface area contributed by atoms with E-state index in [1.807, 2.05) is 0 Å². The van der Waals surface area contributed by atoms with Gasteiger partial charge in [0, 0.05) is 6.54 Å². The molecule has 1 saturated heterocycles. The summed E-state index contributed by atoms with van der Waals surface area (Å²) in [5.41, 5.74) is -0.741. The van der Waals surface area contributed by atoms with Crippen molar-refractivity contribution in [2.45, 2.75) is 18.9 Å². The second kappa shape index (κ2) is 4.17. The van der Waals surface area contributed by atoms with E-state index in [2.05, 4.69) is 11.4 Å². The summed E-state index contributed by atoms with van der Waals surface area (Å²) in [6.45, 7) is 2.14. The van der Waals surface area contributed by atoms with Gasteiger partial charge in [0.2, 0.25) is 5.91 Å². The Morgan fingerprint density at radius 2 is 2.33 bits per heavy atom. The zero-order chi connectivity index (χ0) is 10.7. The van der Waals surface area contributed by atoms with Crippen LogP contribution in [0.3, 0.4) is 0 Å². The number of amides is 1. The van der Waals surface area contributed by atoms with Crippen molar-refractivity contribution in [1.82, 2.24) is 5.32 Å². The smallest absolute Gasteiger partial charge is 0.240 e. The van der Waals surface area contributed by atoms with Gasteiger partial charge < -0.3 is 14.8 Å². The minimum atomic E-state index is -0.741. The van der Waals surface area contributed by atoms with Crippen LogP contribution in [-0.2, 0) is 14.3 Å². The maximum Gasteiger partial charge on any atom is 0.240 e. The predicted octanol–water partition coefficient (Wildman–Crippen LogP) is -0.178. The molecule has 15 heavy (non-hydrogen) atoms. The molecule has 0 bridgehead atoms. The summed E-state index contributed by atoms with van der Waals surface area (Å²) in [5.74, 6) is -0.167. The molecule has 2 rings (SSSR count). The van der Waals surface area contributed by atoms with Gasteiger partial charge in [0.15, 0.2) is 0 Å². The van der Waals surface area contributed by atoms with Gasteiger partial charge in [0.05, 0.1) is 32.0 Å². The number of nitrogens with zero attached hydrogens (tertiary/aromatic N) is 1. The first kappa shape index (κ1) is 10.4. The molecule has 0 radical (unpaired) electrons. The van der Waals surface area contributed by atoms with Crippen LogP contribution in [0.15, 0.2) is 0 Å². The number of nitriles is 1. The van der Waals surface area contributed by atoms with Crippen molar-refractivity contribution in [3.63, 3.8) is 0 Å². The Hall–Kier alpha value is -1.12. The lowest BCUT2D eigenvalue weighted by Crippen LogP contribution is -2.42. The van der Waals surface area contributed by atoms with Crippen molar-refractivity contribution in [2.75, 3.05) is 26.4 Å². The van der Waals surface area contributed by atoms with Crippen molar-refractivity contribution in [3.8, 4) is 6.07 Å². The number of hydrogen-bond acceptors (Lipinski definition) is 4. The highest BCUT2D eigenvalue weighted by Crippen LogP contribution is 2.44. The van der Waals surface area contributed by atoms with Crippen LogP contribution in [0.1, 0.15) is 12.8 Å². The number of nitrogens with one attached hydrogen (secondary N) is 1. The molecule has 1 unspecified atom stereocenters. The number of carbonyl (C=O) groups excluding carboxylic acids is 1. The lowest BCUT2D eigenvalue weighted by atomic mass is 10.1. The molecule has 1 saturated carbocycles. The molecular formula is C10H14N2O3. The van der Waals surface area contributed by atoms with E-state index in [-0.39, 0.29) is 12.0 Å². The molecule has 1 N–H and O–H groups in total. The molecule has 5 heteroatoms. The van der Waals surface area contributed by atoms with E-state index in [0.717, 1.165) is 0 Å². The Morgan fingerprint density at radius 3 is 2.87 bits per heavy atom. The number of carbonyl (C=O) groups is 1. The van der Waals surface area contributed by atoms with E-state index >= 15 is 0 Å². The molecule has 0 aromatic rings. The zero-order valence-corrected chi connectivity index (χ0v) is 8.49. The monoisotopic (exact) mass is 210 g/mol. The molecule has 0 aromatic carbocycles. The van der Waals surface area contributed by atoms with Gasteiger partial charge >= 0.3 is 0 Å². The number of hydrogen-bond donors (Lipinski definition) is 1. The molecule has 2 aliphatic rings. The van der Waals surface area contributed by atoms with Crippen LogP contribution in [0, 0.1) is 16.7 Å². The molecule has 0 spiro atoms. The summed E-state index contributed by atoms with van der Waals surface area (Å²) >= 11 is 0. The van der Waals surface area contributed by atoms with Gasteiger partial charge in [-0.1, -0.05) is 0 Å². The van der Waals surface area contributed by atoms with Crippen LogP contribution in [0.25, 0.3) is 0 Å². The van der Waals surface area contributed by atoms with Crippen LogP contribution >= 0.6 is 0 Å². The van der Waals surface area contributed by atoms with Crippen molar-refractivity contribution < 1.29 is 14.3 Å². The van der Waals surface area contributed by atoms with E-state index in [1.165, 1.54) is 0 Å². The van der Waals surface area contributed by atoms with E-state index in [4.69, 9.17) is 14.7 Å². The predicted molar refractivity (Wildman–Crippen MR) is 50.8 cm³/mol. The summed E-state index contributed by atoms with van der Waals surface area (Å²) in [6.07, 6.45) is 1.28. The Kier molecular flexibility index (Phi) is 2.89. The first-order valence-electron chi connectivity index (χ1n) is 5.16. The molecule has 1 aliphatic heterocycles. The molecule has 1 heterocycles. The molecule has 1 atom stereocenters. The normalized spacial score (nSPS) is 27.8. The van der Waals surface area contributed by atoms with Crippen LogP contribution in [-0.4, -0.2) is 38.4 Å². The highest BCUT2D eigenvalue weighted by Gasteiger charge is 2.50. The van der Waals surface area contributed by atoms with Gasteiger partial charge in [-0.05, 0) is 12.8 Å². The SMILES string of the molecule is N#CC1(C(=O)NCC2COCCO2)CC1. The van der Waals surface area contributed by atoms with E-state index in [0.29, 0.717) is 39.2 Å². The molecular weight excluding hydrogens is 196 g/mol. The van der Waals surface area contributed by atoms with E-state index in [1.54, 1.807) is 0 Å². The topological polar surface area (TPSA) is 71.4 Å². The number of rotatable bonds is 3.